The van der Waals surface area contributed by atoms with E-state index < -0.39 is 0 Å². The molecule has 5 nitrogen and oxygen atoms in total. The normalized spacial score (nSPS) is 12.3. The van der Waals surface area contributed by atoms with Crippen LogP contribution in [0.3, 0.4) is 0 Å². The van der Waals surface area contributed by atoms with E-state index in [0.717, 1.165) is 11.4 Å². The maximum Gasteiger partial charge on any atom is 0.260 e. The largest absolute Gasteiger partial charge is 0.467 e. The van der Waals surface area contributed by atoms with Crippen molar-refractivity contribution < 1.29 is 4.74 Å². The molecule has 0 spiro atoms. The van der Waals surface area contributed by atoms with Crippen LogP contribution in [0.5, 0.6) is 5.88 Å². The van der Waals surface area contributed by atoms with E-state index in [1.165, 1.54) is 0 Å². The molecule has 1 N–H and O–H groups in total. The number of hydrogen-bond donors (Lipinski definition) is 1. The third-order valence-corrected chi connectivity index (χ3v) is 3.16. The quantitative estimate of drug-likeness (QED) is 0.790. The minimum Gasteiger partial charge on any atom is -0.467 e. The molecule has 0 aliphatic heterocycles. The van der Waals surface area contributed by atoms with Crippen molar-refractivity contribution in [3.63, 3.8) is 0 Å². The molecular formula is C15H16N4O. The fourth-order valence-corrected chi connectivity index (χ4v) is 2.06. The molecule has 0 saturated carbocycles. The highest BCUT2D eigenvalue weighted by Gasteiger charge is 2.13. The maximum atomic E-state index is 5.98. The van der Waals surface area contributed by atoms with Crippen LogP contribution in [0.4, 0.5) is 5.82 Å². The van der Waals surface area contributed by atoms with Crippen molar-refractivity contribution in [1.82, 2.24) is 14.4 Å². The van der Waals surface area contributed by atoms with Crippen molar-refractivity contribution in [3.05, 3.63) is 54.5 Å². The third kappa shape index (κ3) is 2.30. The lowest BCUT2D eigenvalue weighted by Gasteiger charge is -2.15. The summed E-state index contributed by atoms with van der Waals surface area (Å²) in [5.41, 5.74) is 1.82. The number of benzene rings is 1. The van der Waals surface area contributed by atoms with Gasteiger partial charge in [-0.3, -0.25) is 4.40 Å². The van der Waals surface area contributed by atoms with Gasteiger partial charge in [0.2, 0.25) is 5.65 Å². The van der Waals surface area contributed by atoms with Gasteiger partial charge in [-0.2, -0.15) is 4.98 Å². The number of ether oxygens (including phenoxy) is 1. The zero-order valence-electron chi connectivity index (χ0n) is 11.4. The smallest absolute Gasteiger partial charge is 0.260 e. The van der Waals surface area contributed by atoms with Gasteiger partial charge < -0.3 is 10.1 Å². The predicted molar refractivity (Wildman–Crippen MR) is 78.0 cm³/mol. The van der Waals surface area contributed by atoms with Crippen LogP contribution < -0.4 is 10.1 Å². The molecule has 5 heteroatoms. The van der Waals surface area contributed by atoms with E-state index in [1.807, 2.05) is 61.1 Å². The highest BCUT2D eigenvalue weighted by molar-refractivity contribution is 5.53. The lowest BCUT2D eigenvalue weighted by Crippen LogP contribution is -2.07. The number of nitrogens with one attached hydrogen (secondary N) is 1. The van der Waals surface area contributed by atoms with Gasteiger partial charge in [-0.25, -0.2) is 4.98 Å². The summed E-state index contributed by atoms with van der Waals surface area (Å²) in [7, 11) is 1.83. The van der Waals surface area contributed by atoms with Crippen molar-refractivity contribution in [3.8, 4) is 5.88 Å². The van der Waals surface area contributed by atoms with Crippen LogP contribution in [0.2, 0.25) is 0 Å². The Bertz CT molecular complexity index is 708. The molecule has 0 amide bonds. The molecule has 0 aliphatic rings. The highest BCUT2D eigenvalue weighted by Crippen LogP contribution is 2.24. The number of anilines is 1. The molecule has 0 saturated heterocycles. The third-order valence-electron chi connectivity index (χ3n) is 3.16. The van der Waals surface area contributed by atoms with E-state index in [-0.39, 0.29) is 6.10 Å². The van der Waals surface area contributed by atoms with Gasteiger partial charge in [0.15, 0.2) is 0 Å². The Morgan fingerprint density at radius 2 is 2.05 bits per heavy atom. The Labute approximate surface area is 117 Å². The first kappa shape index (κ1) is 12.5. The molecule has 20 heavy (non-hydrogen) atoms. The molecule has 102 valence electrons. The molecular weight excluding hydrogens is 252 g/mol. The molecule has 3 aromatic rings. The van der Waals surface area contributed by atoms with Crippen LogP contribution in [0.15, 0.2) is 48.9 Å². The molecule has 0 aliphatic carbocycles. The van der Waals surface area contributed by atoms with E-state index in [1.54, 1.807) is 6.20 Å². The zero-order valence-corrected chi connectivity index (χ0v) is 11.4. The molecule has 0 radical (unpaired) electrons. The summed E-state index contributed by atoms with van der Waals surface area (Å²) in [5.74, 6) is 1.27. The Morgan fingerprint density at radius 1 is 1.25 bits per heavy atom. The number of rotatable bonds is 4. The summed E-state index contributed by atoms with van der Waals surface area (Å²) >= 11 is 0. The average Bonchev–Trinajstić information content (AvgIpc) is 2.96. The lowest BCUT2D eigenvalue weighted by molar-refractivity contribution is 0.219. The number of hydrogen-bond acceptors (Lipinski definition) is 4. The SMILES string of the molecule is CNc1cn2ccnc2c(OC(C)c2ccccc2)n1. The van der Waals surface area contributed by atoms with Gasteiger partial charge in [0.05, 0.1) is 6.20 Å². The van der Waals surface area contributed by atoms with Crippen LogP contribution in [0, 0.1) is 0 Å². The second kappa shape index (κ2) is 5.21. The molecule has 1 aromatic carbocycles. The van der Waals surface area contributed by atoms with Gasteiger partial charge in [0.1, 0.15) is 11.9 Å². The van der Waals surface area contributed by atoms with Gasteiger partial charge in [0.25, 0.3) is 5.88 Å². The van der Waals surface area contributed by atoms with Gasteiger partial charge in [-0.05, 0) is 12.5 Å². The summed E-state index contributed by atoms with van der Waals surface area (Å²) in [4.78, 5) is 8.73. The summed E-state index contributed by atoms with van der Waals surface area (Å²) in [6.45, 7) is 2.00. The lowest BCUT2D eigenvalue weighted by atomic mass is 10.1. The second-order valence-corrected chi connectivity index (χ2v) is 4.51. The zero-order chi connectivity index (χ0) is 13.9. The summed E-state index contributed by atoms with van der Waals surface area (Å²) in [5, 5.41) is 3.02. The molecule has 1 unspecified atom stereocenters. The van der Waals surface area contributed by atoms with Crippen LogP contribution in [0.25, 0.3) is 5.65 Å². The van der Waals surface area contributed by atoms with Crippen molar-refractivity contribution in [2.75, 3.05) is 12.4 Å². The van der Waals surface area contributed by atoms with Gasteiger partial charge in [-0.1, -0.05) is 30.3 Å². The molecule has 2 aromatic heterocycles. The summed E-state index contributed by atoms with van der Waals surface area (Å²) < 4.78 is 7.87. The van der Waals surface area contributed by atoms with E-state index >= 15 is 0 Å². The Hall–Kier alpha value is -2.56. The highest BCUT2D eigenvalue weighted by atomic mass is 16.5. The van der Waals surface area contributed by atoms with Crippen molar-refractivity contribution in [2.45, 2.75) is 13.0 Å². The molecule has 3 rings (SSSR count). The van der Waals surface area contributed by atoms with E-state index in [2.05, 4.69) is 15.3 Å². The standard InChI is InChI=1S/C15H16N4O/c1-11(12-6-4-3-5-7-12)20-15-14-17-8-9-19(14)10-13(16-2)18-15/h3-11,16H,1-2H3. The maximum absolute atomic E-state index is 5.98. The first-order chi connectivity index (χ1) is 9.78. The van der Waals surface area contributed by atoms with Crippen molar-refractivity contribution in [1.29, 1.82) is 0 Å². The fourth-order valence-electron chi connectivity index (χ4n) is 2.06. The number of imidazole rings is 1. The number of fused-ring (bicyclic) bond motifs is 1. The van der Waals surface area contributed by atoms with Gasteiger partial charge in [-0.15, -0.1) is 0 Å². The molecule has 0 fully saturated rings. The number of aromatic nitrogens is 3. The van der Waals surface area contributed by atoms with Gasteiger partial charge >= 0.3 is 0 Å². The van der Waals surface area contributed by atoms with Crippen molar-refractivity contribution in [2.24, 2.45) is 0 Å². The number of nitrogens with zero attached hydrogens (tertiary/aromatic N) is 3. The minimum atomic E-state index is -0.0868. The second-order valence-electron chi connectivity index (χ2n) is 4.51. The van der Waals surface area contributed by atoms with E-state index in [0.29, 0.717) is 11.5 Å². The Balaban J connectivity index is 1.95. The molecule has 1 atom stereocenters. The van der Waals surface area contributed by atoms with E-state index in [9.17, 15) is 0 Å². The summed E-state index contributed by atoms with van der Waals surface area (Å²) in [6.07, 6.45) is 5.40. The Kier molecular flexibility index (Phi) is 3.25. The summed E-state index contributed by atoms with van der Waals surface area (Å²) in [6, 6.07) is 10.1. The van der Waals surface area contributed by atoms with Crippen LogP contribution >= 0.6 is 0 Å². The average molecular weight is 268 g/mol. The van der Waals surface area contributed by atoms with Crippen LogP contribution in [-0.4, -0.2) is 21.4 Å². The van der Waals surface area contributed by atoms with Crippen molar-refractivity contribution >= 4 is 11.5 Å². The molecule has 0 bridgehead atoms. The van der Waals surface area contributed by atoms with Crippen LogP contribution in [0.1, 0.15) is 18.6 Å². The van der Waals surface area contributed by atoms with Gasteiger partial charge in [0, 0.05) is 19.4 Å². The minimum absolute atomic E-state index is 0.0868. The Morgan fingerprint density at radius 3 is 2.80 bits per heavy atom. The van der Waals surface area contributed by atoms with Crippen LogP contribution in [-0.2, 0) is 0 Å². The first-order valence-corrected chi connectivity index (χ1v) is 6.51. The topological polar surface area (TPSA) is 51.5 Å². The monoisotopic (exact) mass is 268 g/mol. The van der Waals surface area contributed by atoms with E-state index in [4.69, 9.17) is 4.74 Å². The first-order valence-electron chi connectivity index (χ1n) is 6.51. The fraction of sp³-hybridized carbons (Fsp3) is 0.200. The predicted octanol–water partition coefficient (Wildman–Crippen LogP) is 2.91. The molecule has 2 heterocycles.